The largest absolute Gasteiger partial charge is 0.371 e. The number of hydrogen-bond acceptors (Lipinski definition) is 5. The summed E-state index contributed by atoms with van der Waals surface area (Å²) >= 11 is 0. The molecule has 0 bridgehead atoms. The first-order valence-electron chi connectivity index (χ1n) is 9.73. The van der Waals surface area contributed by atoms with E-state index in [9.17, 15) is 14.0 Å². The molecule has 3 heterocycles. The van der Waals surface area contributed by atoms with Gasteiger partial charge < -0.3 is 16.0 Å². The number of nitrogens with one attached hydrogen (secondary N) is 1. The number of anilines is 1. The van der Waals surface area contributed by atoms with Crippen molar-refractivity contribution in [3.05, 3.63) is 42.7 Å². The molecule has 2 saturated heterocycles. The lowest BCUT2D eigenvalue weighted by Crippen LogP contribution is -2.42. The van der Waals surface area contributed by atoms with Crippen molar-refractivity contribution >= 4 is 28.3 Å². The average molecular weight is 383 g/mol. The second-order valence-corrected chi connectivity index (χ2v) is 7.61. The van der Waals surface area contributed by atoms with Gasteiger partial charge in [0.25, 0.3) is 0 Å². The molecule has 6 nitrogen and oxygen atoms in total. The molecule has 1 aromatic heterocycles. The molecule has 2 aliphatic rings. The van der Waals surface area contributed by atoms with Crippen molar-refractivity contribution in [1.29, 1.82) is 0 Å². The highest BCUT2D eigenvalue weighted by molar-refractivity contribution is 5.93. The van der Waals surface area contributed by atoms with E-state index in [4.69, 9.17) is 5.73 Å². The second kappa shape index (κ2) is 7.83. The van der Waals surface area contributed by atoms with Crippen molar-refractivity contribution < 1.29 is 14.0 Å². The van der Waals surface area contributed by atoms with E-state index in [1.165, 1.54) is 12.1 Å². The molecule has 2 fully saturated rings. The highest BCUT2D eigenvalue weighted by Crippen LogP contribution is 2.31. The summed E-state index contributed by atoms with van der Waals surface area (Å²) in [6, 6.07) is 6.07. The molecule has 7 heteroatoms. The molecule has 1 aromatic carbocycles. The maximum Gasteiger partial charge on any atom is 0.234 e. The van der Waals surface area contributed by atoms with Crippen LogP contribution < -0.4 is 16.0 Å². The van der Waals surface area contributed by atoms with Gasteiger partial charge in [0.1, 0.15) is 11.6 Å². The molecule has 147 valence electrons. The monoisotopic (exact) mass is 383 g/mol. The Hall–Kier alpha value is -2.54. The number of amides is 1. The molecular weight excluding hydrogens is 359 g/mol. The number of primary amides is 1. The quantitative estimate of drug-likeness (QED) is 0.822. The molecule has 0 aliphatic carbocycles. The van der Waals surface area contributed by atoms with Crippen LogP contribution in [0.1, 0.15) is 19.3 Å². The smallest absolute Gasteiger partial charge is 0.234 e. The third kappa shape index (κ3) is 3.71. The Balaban J connectivity index is 1.40. The molecule has 1 radical (unpaired) electrons. The molecule has 4 rings (SSSR count). The van der Waals surface area contributed by atoms with Crippen LogP contribution in [0, 0.1) is 24.1 Å². The van der Waals surface area contributed by atoms with E-state index >= 15 is 0 Å². The number of aromatic nitrogens is 1. The number of fused-ring (bicyclic) bond motifs is 1. The predicted molar refractivity (Wildman–Crippen MR) is 105 cm³/mol. The summed E-state index contributed by atoms with van der Waals surface area (Å²) in [4.78, 5) is 30.7. The van der Waals surface area contributed by atoms with Crippen molar-refractivity contribution in [2.75, 3.05) is 24.5 Å². The fourth-order valence-electron chi connectivity index (χ4n) is 4.35. The fourth-order valence-corrected chi connectivity index (χ4v) is 4.35. The van der Waals surface area contributed by atoms with Crippen LogP contribution in [0.2, 0.25) is 0 Å². The Kier molecular flexibility index (Phi) is 5.26. The van der Waals surface area contributed by atoms with Crippen LogP contribution in [-0.2, 0) is 9.59 Å². The highest BCUT2D eigenvalue weighted by atomic mass is 19.1. The molecule has 0 saturated carbocycles. The Morgan fingerprint density at radius 3 is 2.75 bits per heavy atom. The third-order valence-electron chi connectivity index (χ3n) is 5.87. The molecule has 2 aromatic rings. The van der Waals surface area contributed by atoms with Crippen molar-refractivity contribution in [3.8, 4) is 0 Å². The summed E-state index contributed by atoms with van der Waals surface area (Å²) in [5, 5.41) is 3.85. The van der Waals surface area contributed by atoms with Crippen LogP contribution in [0.15, 0.2) is 30.5 Å². The minimum absolute atomic E-state index is 0.0461. The molecule has 1 amide bonds. The standard InChI is InChI=1S/C21H24FN4O2/c22-15-1-2-17-16(12-15)18(4-8-24-17)26-9-5-13(6-10-26)19(27)11-14-3-7-25-20(14)21(23)28/h1-2,4,8,11-14,20,25H,3,5-7,9-10H2,(H2,23,28). The number of nitrogens with two attached hydrogens (primary N) is 1. The van der Waals surface area contributed by atoms with Crippen LogP contribution in [0.4, 0.5) is 10.1 Å². The van der Waals surface area contributed by atoms with E-state index in [1.54, 1.807) is 18.7 Å². The molecule has 28 heavy (non-hydrogen) atoms. The van der Waals surface area contributed by atoms with Gasteiger partial charge in [0.15, 0.2) is 0 Å². The summed E-state index contributed by atoms with van der Waals surface area (Å²) in [5.74, 6) is -0.746. The third-order valence-corrected chi connectivity index (χ3v) is 5.87. The number of piperidine rings is 1. The van der Waals surface area contributed by atoms with Crippen molar-refractivity contribution in [1.82, 2.24) is 10.3 Å². The van der Waals surface area contributed by atoms with Crippen LogP contribution in [0.5, 0.6) is 0 Å². The van der Waals surface area contributed by atoms with E-state index in [-0.39, 0.29) is 23.4 Å². The van der Waals surface area contributed by atoms with Gasteiger partial charge in [-0.05, 0) is 56.0 Å². The van der Waals surface area contributed by atoms with Gasteiger partial charge in [-0.1, -0.05) is 0 Å². The molecule has 0 spiro atoms. The summed E-state index contributed by atoms with van der Waals surface area (Å²) in [6.07, 6.45) is 5.66. The van der Waals surface area contributed by atoms with Crippen LogP contribution in [0.25, 0.3) is 10.9 Å². The Bertz CT molecular complexity index is 895. The zero-order valence-corrected chi connectivity index (χ0v) is 15.6. The molecule has 2 atom stereocenters. The maximum atomic E-state index is 13.7. The first-order chi connectivity index (χ1) is 13.5. The summed E-state index contributed by atoms with van der Waals surface area (Å²) in [7, 11) is 0. The van der Waals surface area contributed by atoms with E-state index in [0.29, 0.717) is 6.54 Å². The Labute approximate surface area is 163 Å². The van der Waals surface area contributed by atoms with E-state index in [0.717, 1.165) is 48.9 Å². The van der Waals surface area contributed by atoms with Crippen molar-refractivity contribution in [2.24, 2.45) is 17.6 Å². The fraction of sp³-hybridized carbons (Fsp3) is 0.429. The summed E-state index contributed by atoms with van der Waals surface area (Å²) in [5.41, 5.74) is 7.12. The number of pyridine rings is 1. The minimum atomic E-state index is -0.442. The van der Waals surface area contributed by atoms with E-state index in [1.807, 2.05) is 6.07 Å². The van der Waals surface area contributed by atoms with Gasteiger partial charge in [-0.25, -0.2) is 4.39 Å². The highest BCUT2D eigenvalue weighted by Gasteiger charge is 2.35. The number of benzene rings is 1. The van der Waals surface area contributed by atoms with Gasteiger partial charge in [0.05, 0.1) is 11.6 Å². The van der Waals surface area contributed by atoms with Crippen LogP contribution in [0.3, 0.4) is 0 Å². The summed E-state index contributed by atoms with van der Waals surface area (Å²) < 4.78 is 13.7. The zero-order valence-electron chi connectivity index (χ0n) is 15.6. The normalized spacial score (nSPS) is 23.2. The van der Waals surface area contributed by atoms with E-state index < -0.39 is 11.9 Å². The van der Waals surface area contributed by atoms with Crippen LogP contribution in [-0.4, -0.2) is 42.4 Å². The number of halogens is 1. The molecule has 3 N–H and O–H groups in total. The lowest BCUT2D eigenvalue weighted by atomic mass is 9.85. The number of nitrogens with zero attached hydrogens (tertiary/aromatic N) is 2. The van der Waals surface area contributed by atoms with Gasteiger partial charge in [0.2, 0.25) is 5.91 Å². The van der Waals surface area contributed by atoms with Gasteiger partial charge in [-0.15, -0.1) is 0 Å². The number of ketones is 1. The first-order valence-corrected chi connectivity index (χ1v) is 9.73. The number of Topliss-reactive ketones (excluding diaryl/α,β-unsaturated/α-hetero) is 1. The topological polar surface area (TPSA) is 88.3 Å². The average Bonchev–Trinajstić information content (AvgIpc) is 3.16. The van der Waals surface area contributed by atoms with Crippen molar-refractivity contribution in [2.45, 2.75) is 25.3 Å². The zero-order chi connectivity index (χ0) is 19.7. The second-order valence-electron chi connectivity index (χ2n) is 7.61. The van der Waals surface area contributed by atoms with Gasteiger partial charge >= 0.3 is 0 Å². The Morgan fingerprint density at radius 1 is 1.21 bits per heavy atom. The van der Waals surface area contributed by atoms with Gasteiger partial charge in [0, 0.05) is 42.7 Å². The van der Waals surface area contributed by atoms with Gasteiger partial charge in [-0.2, -0.15) is 0 Å². The molecular formula is C21H24FN4O2. The number of carbonyl (C=O) groups excluding carboxylic acids is 2. The number of carbonyl (C=O) groups is 2. The molecule has 2 aliphatic heterocycles. The van der Waals surface area contributed by atoms with Gasteiger partial charge in [-0.3, -0.25) is 14.6 Å². The minimum Gasteiger partial charge on any atom is -0.371 e. The SMILES string of the molecule is NC(=O)C1NCCC1[CH]C(=O)C1CCN(c2ccnc3ccc(F)cc23)CC1. The maximum absolute atomic E-state index is 13.7. The van der Waals surface area contributed by atoms with E-state index in [2.05, 4.69) is 15.2 Å². The molecule has 2 unspecified atom stereocenters. The lowest BCUT2D eigenvalue weighted by molar-refractivity contribution is -0.121. The lowest BCUT2D eigenvalue weighted by Gasteiger charge is -2.34. The summed E-state index contributed by atoms with van der Waals surface area (Å²) in [6.45, 7) is 2.15. The Morgan fingerprint density at radius 2 is 2.00 bits per heavy atom. The van der Waals surface area contributed by atoms with Crippen LogP contribution >= 0.6 is 0 Å². The van der Waals surface area contributed by atoms with Crippen molar-refractivity contribution in [3.63, 3.8) is 0 Å². The number of rotatable bonds is 5. The number of hydrogen-bond donors (Lipinski definition) is 2. The predicted octanol–water partition coefficient (Wildman–Crippen LogP) is 1.83. The first kappa shape index (κ1) is 18.8.